The van der Waals surface area contributed by atoms with Gasteiger partial charge in [-0.15, -0.1) is 0 Å². The summed E-state index contributed by atoms with van der Waals surface area (Å²) in [6, 6.07) is 7.79. The average molecular weight is 303 g/mol. The van der Waals surface area contributed by atoms with Gasteiger partial charge in [0.15, 0.2) is 0 Å². The average Bonchev–Trinajstić information content (AvgIpc) is 2.34. The molecule has 5 N–H and O–H groups in total. The Morgan fingerprint density at radius 2 is 1.35 bits per heavy atom. The van der Waals surface area contributed by atoms with Crippen molar-refractivity contribution in [3.63, 3.8) is 0 Å². The predicted molar refractivity (Wildman–Crippen MR) is 96.4 cm³/mol. The maximum Gasteiger partial charge on any atom is 0.0634 e. The lowest BCUT2D eigenvalue weighted by Crippen LogP contribution is -2.14. The van der Waals surface area contributed by atoms with Gasteiger partial charge in [-0.05, 0) is 31.2 Å². The second kappa shape index (κ2) is 18.3. The molecule has 3 nitrogen and oxygen atoms in total. The molecule has 120 valence electrons. The Morgan fingerprint density at radius 1 is 1.10 bits per heavy atom. The van der Waals surface area contributed by atoms with E-state index >= 15 is 0 Å². The maximum absolute atomic E-state index is 8.24. The van der Waals surface area contributed by atoms with Gasteiger partial charge >= 0.3 is 0 Å². The highest BCUT2D eigenvalue weighted by atomic mass is 32.1. The predicted octanol–water partition coefficient (Wildman–Crippen LogP) is 3.64. The van der Waals surface area contributed by atoms with Crippen LogP contribution in [0.2, 0.25) is 0 Å². The lowest BCUT2D eigenvalue weighted by Gasteiger charge is -1.91. The lowest BCUT2D eigenvalue weighted by atomic mass is 10.2. The molecule has 1 aromatic rings. The molecule has 1 unspecified atom stereocenters. The molecule has 1 aromatic carbocycles. The van der Waals surface area contributed by atoms with Crippen molar-refractivity contribution in [1.29, 1.82) is 0 Å². The van der Waals surface area contributed by atoms with Gasteiger partial charge < -0.3 is 16.6 Å². The summed E-state index contributed by atoms with van der Waals surface area (Å²) in [5, 5.41) is 8.76. The van der Waals surface area contributed by atoms with E-state index in [0.717, 1.165) is 5.69 Å². The number of aliphatic hydroxyl groups excluding tert-OH is 1. The summed E-state index contributed by atoms with van der Waals surface area (Å²) >= 11 is 3.97. The number of thiol groups is 1. The normalized spacial score (nSPS) is 10.1. The van der Waals surface area contributed by atoms with Crippen LogP contribution >= 0.6 is 12.6 Å². The van der Waals surface area contributed by atoms with Crippen LogP contribution in [0.3, 0.4) is 0 Å². The largest absolute Gasteiger partial charge is 0.399 e. The van der Waals surface area contributed by atoms with Crippen LogP contribution in [0.1, 0.15) is 46.6 Å². The number of aliphatic hydroxyl groups is 1. The van der Waals surface area contributed by atoms with Gasteiger partial charge in [0.05, 0.1) is 6.10 Å². The van der Waals surface area contributed by atoms with Gasteiger partial charge in [-0.2, -0.15) is 12.6 Å². The van der Waals surface area contributed by atoms with E-state index in [-0.39, 0.29) is 6.10 Å². The zero-order valence-corrected chi connectivity index (χ0v) is 14.8. The van der Waals surface area contributed by atoms with Crippen LogP contribution in [0.15, 0.2) is 24.3 Å². The number of anilines is 1. The van der Waals surface area contributed by atoms with E-state index in [4.69, 9.17) is 16.6 Å². The van der Waals surface area contributed by atoms with Crippen molar-refractivity contribution in [1.82, 2.24) is 0 Å². The van der Waals surface area contributed by atoms with Gasteiger partial charge in [0.1, 0.15) is 0 Å². The van der Waals surface area contributed by atoms with Crippen molar-refractivity contribution in [2.75, 3.05) is 12.3 Å². The fourth-order valence-corrected chi connectivity index (χ4v) is 0.566. The fourth-order valence-electron chi connectivity index (χ4n) is 0.566. The first kappa shape index (κ1) is 24.3. The third-order valence-electron chi connectivity index (χ3n) is 1.42. The lowest BCUT2D eigenvalue weighted by molar-refractivity contribution is 0.203. The van der Waals surface area contributed by atoms with Gasteiger partial charge in [-0.3, -0.25) is 0 Å². The van der Waals surface area contributed by atoms with Crippen molar-refractivity contribution in [3.05, 3.63) is 29.8 Å². The van der Waals surface area contributed by atoms with Crippen LogP contribution < -0.4 is 11.5 Å². The number of hydrogen-bond acceptors (Lipinski definition) is 4. The third kappa shape index (κ3) is 36.0. The van der Waals surface area contributed by atoms with Crippen molar-refractivity contribution in [2.24, 2.45) is 5.73 Å². The van der Waals surface area contributed by atoms with Crippen LogP contribution in [0.4, 0.5) is 5.69 Å². The monoisotopic (exact) mass is 302 g/mol. The number of nitrogens with two attached hydrogens (primary N) is 2. The van der Waals surface area contributed by atoms with E-state index in [1.165, 1.54) is 12.0 Å². The van der Waals surface area contributed by atoms with Crippen molar-refractivity contribution in [2.45, 2.75) is 59.3 Å². The standard InChI is InChI=1S/C7H9N.C3H9NO.C3H8S.C3H8/c1-6-2-4-7(8)5-3-6;1-3(5)2-4;1-3(2)4;1-3-2/h2-5H,8H2,1H3;3,5H,2,4H2,1H3;3-4H,1-2H3;3H2,1-2H3. The second-order valence-electron chi connectivity index (χ2n) is 4.80. The summed E-state index contributed by atoms with van der Waals surface area (Å²) in [5.74, 6) is 0. The first-order valence-electron chi connectivity index (χ1n) is 7.09. The van der Waals surface area contributed by atoms with Crippen LogP contribution in [0.25, 0.3) is 0 Å². The molecule has 0 heterocycles. The minimum atomic E-state index is -0.338. The van der Waals surface area contributed by atoms with E-state index in [1.54, 1.807) is 6.92 Å². The molecule has 0 saturated heterocycles. The molecule has 4 heteroatoms. The van der Waals surface area contributed by atoms with E-state index < -0.39 is 0 Å². The molecule has 0 aliphatic carbocycles. The van der Waals surface area contributed by atoms with E-state index in [1.807, 2.05) is 45.0 Å². The molecule has 0 fully saturated rings. The minimum absolute atomic E-state index is 0.338. The molecule has 20 heavy (non-hydrogen) atoms. The molecule has 0 saturated carbocycles. The zero-order chi connectivity index (χ0) is 16.6. The summed E-state index contributed by atoms with van der Waals surface area (Å²) in [5.41, 5.74) is 12.4. The number of nitrogen functional groups attached to an aromatic ring is 1. The first-order valence-corrected chi connectivity index (χ1v) is 7.61. The molecule has 1 atom stereocenters. The zero-order valence-electron chi connectivity index (χ0n) is 13.9. The quantitative estimate of drug-likeness (QED) is 0.473. The topological polar surface area (TPSA) is 72.3 Å². The fraction of sp³-hybridized carbons (Fsp3) is 0.625. The number of aryl methyl sites for hydroxylation is 1. The van der Waals surface area contributed by atoms with Crippen molar-refractivity contribution < 1.29 is 5.11 Å². The Morgan fingerprint density at radius 3 is 1.50 bits per heavy atom. The van der Waals surface area contributed by atoms with Gasteiger partial charge in [0.25, 0.3) is 0 Å². The molecule has 0 bridgehead atoms. The van der Waals surface area contributed by atoms with Gasteiger partial charge in [-0.1, -0.05) is 51.8 Å². The molecule has 1 rings (SSSR count). The van der Waals surface area contributed by atoms with E-state index in [9.17, 15) is 0 Å². The summed E-state index contributed by atoms with van der Waals surface area (Å²) < 4.78 is 0. The Balaban J connectivity index is -0.000000211. The highest BCUT2D eigenvalue weighted by Crippen LogP contribution is 2.02. The Hall–Kier alpha value is -0.710. The molecule has 0 spiro atoms. The molecular weight excluding hydrogens is 268 g/mol. The molecular formula is C16H34N2OS. The van der Waals surface area contributed by atoms with Crippen LogP contribution in [-0.2, 0) is 0 Å². The van der Waals surface area contributed by atoms with Crippen molar-refractivity contribution >= 4 is 18.3 Å². The molecule has 0 radical (unpaired) electrons. The van der Waals surface area contributed by atoms with E-state index in [2.05, 4.69) is 26.5 Å². The summed E-state index contributed by atoms with van der Waals surface area (Å²) in [7, 11) is 0. The highest BCUT2D eigenvalue weighted by molar-refractivity contribution is 7.80. The molecule has 0 amide bonds. The summed E-state index contributed by atoms with van der Waals surface area (Å²) in [4.78, 5) is 0. The first-order chi connectivity index (χ1) is 9.20. The van der Waals surface area contributed by atoms with Crippen LogP contribution in [-0.4, -0.2) is 23.0 Å². The van der Waals surface area contributed by atoms with Crippen LogP contribution in [0, 0.1) is 6.92 Å². The summed E-state index contributed by atoms with van der Waals surface area (Å²) in [6.45, 7) is 12.4. The maximum atomic E-state index is 8.24. The Kier molecular flexibility index (Phi) is 22.2. The van der Waals surface area contributed by atoms with Gasteiger partial charge in [0, 0.05) is 12.2 Å². The van der Waals surface area contributed by atoms with Gasteiger partial charge in [0.2, 0.25) is 0 Å². The molecule has 0 aromatic heterocycles. The Labute approximate surface area is 131 Å². The number of benzene rings is 1. The molecule has 0 aliphatic heterocycles. The molecule has 0 aliphatic rings. The minimum Gasteiger partial charge on any atom is -0.399 e. The van der Waals surface area contributed by atoms with E-state index in [0.29, 0.717) is 11.8 Å². The Bertz CT molecular complexity index is 251. The van der Waals surface area contributed by atoms with Gasteiger partial charge in [-0.25, -0.2) is 0 Å². The highest BCUT2D eigenvalue weighted by Gasteiger charge is 1.82. The summed E-state index contributed by atoms with van der Waals surface area (Å²) in [6.07, 6.45) is 0.912. The SMILES string of the molecule is CC(C)S.CC(O)CN.CCC.Cc1ccc(N)cc1. The third-order valence-corrected chi connectivity index (χ3v) is 1.42. The van der Waals surface area contributed by atoms with Crippen molar-refractivity contribution in [3.8, 4) is 0 Å². The smallest absolute Gasteiger partial charge is 0.0634 e. The van der Waals surface area contributed by atoms with Crippen LogP contribution in [0.5, 0.6) is 0 Å². The second-order valence-corrected chi connectivity index (χ2v) is 5.83. The number of hydrogen-bond donors (Lipinski definition) is 4. The number of rotatable bonds is 1.